The maximum absolute atomic E-state index is 12.3. The molecule has 0 unspecified atom stereocenters. The number of anilines is 2. The second-order valence-corrected chi connectivity index (χ2v) is 7.02. The number of ether oxygens (including phenoxy) is 2. The van der Waals surface area contributed by atoms with Crippen molar-refractivity contribution in [3.8, 4) is 0 Å². The van der Waals surface area contributed by atoms with Gasteiger partial charge in [0.2, 0.25) is 0 Å². The average molecular weight is 345 g/mol. The molecular formula is C18H23N3O4. The number of hydrogen-bond donors (Lipinski definition) is 2. The fourth-order valence-electron chi connectivity index (χ4n) is 4.04. The molecule has 7 heteroatoms. The molecule has 1 saturated carbocycles. The van der Waals surface area contributed by atoms with E-state index in [2.05, 4.69) is 10.6 Å². The van der Waals surface area contributed by atoms with Crippen LogP contribution < -0.4 is 15.5 Å². The number of hydrogen-bond acceptors (Lipinski definition) is 4. The molecule has 2 heterocycles. The van der Waals surface area contributed by atoms with Crippen LogP contribution in [0.15, 0.2) is 24.3 Å². The van der Waals surface area contributed by atoms with Gasteiger partial charge in [-0.25, -0.2) is 9.59 Å². The van der Waals surface area contributed by atoms with Gasteiger partial charge in [-0.15, -0.1) is 0 Å². The minimum atomic E-state index is -0.355. The van der Waals surface area contributed by atoms with Crippen LogP contribution in [0.1, 0.15) is 32.1 Å². The Labute approximate surface area is 146 Å². The van der Waals surface area contributed by atoms with Crippen molar-refractivity contribution in [3.63, 3.8) is 0 Å². The minimum absolute atomic E-state index is 0.00597. The van der Waals surface area contributed by atoms with Crippen LogP contribution in [-0.2, 0) is 9.47 Å². The Morgan fingerprint density at radius 2 is 2.12 bits per heavy atom. The Morgan fingerprint density at radius 3 is 2.88 bits per heavy atom. The summed E-state index contributed by atoms with van der Waals surface area (Å²) in [6.07, 6.45) is 5.16. The summed E-state index contributed by atoms with van der Waals surface area (Å²) in [6, 6.07) is 7.01. The second-order valence-electron chi connectivity index (χ2n) is 7.02. The smallest absolute Gasteiger partial charge is 0.414 e. The van der Waals surface area contributed by atoms with Crippen LogP contribution in [0.4, 0.5) is 21.0 Å². The number of rotatable bonds is 3. The van der Waals surface area contributed by atoms with E-state index in [1.165, 1.54) is 12.8 Å². The number of carbonyl (C=O) groups excluding carboxylic acids is 2. The highest BCUT2D eigenvalue weighted by molar-refractivity contribution is 5.93. The Bertz CT molecular complexity index is 672. The predicted molar refractivity (Wildman–Crippen MR) is 92.8 cm³/mol. The van der Waals surface area contributed by atoms with E-state index in [0.717, 1.165) is 24.9 Å². The van der Waals surface area contributed by atoms with Crippen LogP contribution >= 0.6 is 0 Å². The van der Waals surface area contributed by atoms with Gasteiger partial charge in [0.05, 0.1) is 24.8 Å². The highest BCUT2D eigenvalue weighted by Gasteiger charge is 2.42. The summed E-state index contributed by atoms with van der Waals surface area (Å²) >= 11 is 0. The van der Waals surface area contributed by atoms with Crippen LogP contribution in [0.3, 0.4) is 0 Å². The van der Waals surface area contributed by atoms with E-state index in [-0.39, 0.29) is 23.8 Å². The van der Waals surface area contributed by atoms with Crippen LogP contribution in [0.25, 0.3) is 0 Å². The van der Waals surface area contributed by atoms with Crippen LogP contribution in [0.5, 0.6) is 0 Å². The summed E-state index contributed by atoms with van der Waals surface area (Å²) in [7, 11) is 0. The van der Waals surface area contributed by atoms with Crippen molar-refractivity contribution in [2.45, 2.75) is 43.7 Å². The molecule has 3 amide bonds. The maximum atomic E-state index is 12.3. The van der Waals surface area contributed by atoms with Crippen molar-refractivity contribution < 1.29 is 19.1 Å². The first-order chi connectivity index (χ1) is 12.1. The quantitative estimate of drug-likeness (QED) is 0.883. The van der Waals surface area contributed by atoms with Gasteiger partial charge >= 0.3 is 12.1 Å². The lowest BCUT2D eigenvalue weighted by molar-refractivity contribution is 0.00998. The predicted octanol–water partition coefficient (Wildman–Crippen LogP) is 2.87. The summed E-state index contributed by atoms with van der Waals surface area (Å²) < 4.78 is 10.9. The third-order valence-corrected chi connectivity index (χ3v) is 5.24. The van der Waals surface area contributed by atoms with E-state index in [0.29, 0.717) is 25.4 Å². The molecule has 0 bridgehead atoms. The topological polar surface area (TPSA) is 79.9 Å². The van der Waals surface area contributed by atoms with Gasteiger partial charge in [-0.05, 0) is 37.5 Å². The number of nitrogens with one attached hydrogen (secondary N) is 2. The first kappa shape index (κ1) is 16.2. The molecule has 25 heavy (non-hydrogen) atoms. The molecule has 0 radical (unpaired) electrons. The van der Waals surface area contributed by atoms with E-state index in [1.54, 1.807) is 17.0 Å². The molecule has 134 valence electrons. The van der Waals surface area contributed by atoms with Crippen molar-refractivity contribution in [3.05, 3.63) is 24.3 Å². The van der Waals surface area contributed by atoms with Gasteiger partial charge in [0.1, 0.15) is 6.61 Å². The Morgan fingerprint density at radius 1 is 1.28 bits per heavy atom. The SMILES string of the molecule is O=C(Nc1cccc(N2CCOC2=O)c1)N[C@H]1COC2(CCCC2)C1. The van der Waals surface area contributed by atoms with Gasteiger partial charge in [0.15, 0.2) is 0 Å². The fourth-order valence-corrected chi connectivity index (χ4v) is 4.04. The average Bonchev–Trinajstić information content (AvgIpc) is 3.31. The summed E-state index contributed by atoms with van der Waals surface area (Å²) in [5, 5.41) is 5.84. The zero-order chi connectivity index (χ0) is 17.3. The number of carbonyl (C=O) groups is 2. The third kappa shape index (κ3) is 3.42. The number of benzene rings is 1. The third-order valence-electron chi connectivity index (χ3n) is 5.24. The number of amides is 3. The van der Waals surface area contributed by atoms with Gasteiger partial charge in [0, 0.05) is 11.4 Å². The van der Waals surface area contributed by atoms with Crippen molar-refractivity contribution in [1.82, 2.24) is 5.32 Å². The summed E-state index contributed by atoms with van der Waals surface area (Å²) in [6.45, 7) is 1.49. The van der Waals surface area contributed by atoms with Crippen LogP contribution in [0, 0.1) is 0 Å². The van der Waals surface area contributed by atoms with Gasteiger partial charge < -0.3 is 20.1 Å². The van der Waals surface area contributed by atoms with Crippen molar-refractivity contribution in [2.75, 3.05) is 30.0 Å². The summed E-state index contributed by atoms with van der Waals surface area (Å²) in [4.78, 5) is 25.5. The van der Waals surface area contributed by atoms with Gasteiger partial charge in [-0.2, -0.15) is 0 Å². The van der Waals surface area contributed by atoms with Crippen molar-refractivity contribution in [2.24, 2.45) is 0 Å². The molecule has 1 aromatic rings. The van der Waals surface area contributed by atoms with Gasteiger partial charge in [0.25, 0.3) is 0 Å². The molecule has 4 rings (SSSR count). The largest absolute Gasteiger partial charge is 0.447 e. The van der Waals surface area contributed by atoms with Crippen LogP contribution in [-0.4, -0.2) is 43.5 Å². The number of urea groups is 1. The molecule has 0 aromatic heterocycles. The molecular weight excluding hydrogens is 322 g/mol. The van der Waals surface area contributed by atoms with Crippen molar-refractivity contribution in [1.29, 1.82) is 0 Å². The molecule has 7 nitrogen and oxygen atoms in total. The number of nitrogens with zero attached hydrogens (tertiary/aromatic N) is 1. The van der Waals surface area contributed by atoms with E-state index in [1.807, 2.05) is 12.1 Å². The zero-order valence-corrected chi connectivity index (χ0v) is 14.1. The standard InChI is InChI=1S/C18H23N3O4/c22-16(20-14-11-18(25-12-14)6-1-2-7-18)19-13-4-3-5-15(10-13)21-8-9-24-17(21)23/h3-5,10,14H,1-2,6-9,11-12H2,(H2,19,20,22)/t14-/m1/s1. The normalized spacial score (nSPS) is 24.6. The van der Waals surface area contributed by atoms with Crippen LogP contribution in [0.2, 0.25) is 0 Å². The second kappa shape index (κ2) is 6.55. The molecule has 2 N–H and O–H groups in total. The maximum Gasteiger partial charge on any atom is 0.414 e. The molecule has 2 saturated heterocycles. The Balaban J connectivity index is 1.34. The molecule has 3 fully saturated rings. The lowest BCUT2D eigenvalue weighted by Gasteiger charge is -2.21. The van der Waals surface area contributed by atoms with E-state index < -0.39 is 0 Å². The first-order valence-electron chi connectivity index (χ1n) is 8.89. The van der Waals surface area contributed by atoms with E-state index in [9.17, 15) is 9.59 Å². The van der Waals surface area contributed by atoms with Gasteiger partial charge in [-0.3, -0.25) is 4.90 Å². The molecule has 2 aliphatic heterocycles. The molecule has 1 spiro atoms. The molecule has 1 atom stereocenters. The number of cyclic esters (lactones) is 1. The highest BCUT2D eigenvalue weighted by Crippen LogP contribution is 2.40. The fraction of sp³-hybridized carbons (Fsp3) is 0.556. The first-order valence-corrected chi connectivity index (χ1v) is 8.89. The lowest BCUT2D eigenvalue weighted by atomic mass is 9.96. The Kier molecular flexibility index (Phi) is 4.25. The van der Waals surface area contributed by atoms with E-state index >= 15 is 0 Å². The Hall–Kier alpha value is -2.28. The molecule has 3 aliphatic rings. The monoisotopic (exact) mass is 345 g/mol. The van der Waals surface area contributed by atoms with Gasteiger partial charge in [-0.1, -0.05) is 18.9 Å². The minimum Gasteiger partial charge on any atom is -0.447 e. The van der Waals surface area contributed by atoms with E-state index in [4.69, 9.17) is 9.47 Å². The lowest BCUT2D eigenvalue weighted by Crippen LogP contribution is -2.39. The highest BCUT2D eigenvalue weighted by atomic mass is 16.6. The molecule has 1 aromatic carbocycles. The summed E-state index contributed by atoms with van der Waals surface area (Å²) in [5.74, 6) is 0. The summed E-state index contributed by atoms with van der Waals surface area (Å²) in [5.41, 5.74) is 1.35. The zero-order valence-electron chi connectivity index (χ0n) is 14.1. The van der Waals surface area contributed by atoms with Crippen molar-refractivity contribution >= 4 is 23.5 Å². The molecule has 1 aliphatic carbocycles.